The Labute approximate surface area is 264 Å². The van der Waals surface area contributed by atoms with Gasteiger partial charge in [-0.3, -0.25) is 0 Å². The summed E-state index contributed by atoms with van der Waals surface area (Å²) in [5.74, 6) is 0.715. The maximum atomic E-state index is 14.1. The van der Waals surface area contributed by atoms with E-state index >= 15 is 0 Å². The number of carbonyl (C=O) groups is 1. The minimum Gasteiger partial charge on any atom is -0.454 e. The molecule has 0 radical (unpaired) electrons. The summed E-state index contributed by atoms with van der Waals surface area (Å²) >= 11 is 0. The second kappa shape index (κ2) is 14.3. The first-order valence-electron chi connectivity index (χ1n) is 15.2. The number of unbranched alkanes of at least 4 members (excludes halogenated alkanes) is 1. The average Bonchev–Trinajstić information content (AvgIpc) is 3.75. The lowest BCUT2D eigenvalue weighted by Gasteiger charge is -2.35. The summed E-state index contributed by atoms with van der Waals surface area (Å²) in [6.07, 6.45) is -0.401. The molecule has 0 bridgehead atoms. The lowest BCUT2D eigenvalue weighted by molar-refractivity contribution is -0.0907. The third kappa shape index (κ3) is 8.25. The first kappa shape index (κ1) is 33.0. The van der Waals surface area contributed by atoms with E-state index in [9.17, 15) is 18.3 Å². The third-order valence-electron chi connectivity index (χ3n) is 8.43. The standard InChI is InChI=1S/C32H41N3O9S/c1-32(2,13-6-7-14-33)20-35(45(38,39)23-10-11-27-28(17-23)43-21-42-27)18-26(36)25(16-22-8-4-3-5-9-22)34-31(37)44-29-19-41-30-24(29)12-15-40-30/h3-5,8-11,17,24-26,29-30,36H,6-7,12-13,15-16,18-21H2,1-2H3,(H,34,37). The Hall–Kier alpha value is -3.41. The zero-order chi connectivity index (χ0) is 32.0. The summed E-state index contributed by atoms with van der Waals surface area (Å²) in [6.45, 7) is 4.37. The summed E-state index contributed by atoms with van der Waals surface area (Å²) in [5.41, 5.74) is 0.321. The van der Waals surface area contributed by atoms with Crippen LogP contribution in [0.25, 0.3) is 0 Å². The Balaban J connectivity index is 1.37. The molecule has 2 saturated heterocycles. The fraction of sp³-hybridized carbons (Fsp3) is 0.562. The molecule has 2 fully saturated rings. The number of aliphatic hydroxyl groups excluding tert-OH is 1. The van der Waals surface area contributed by atoms with Crippen LogP contribution < -0.4 is 14.8 Å². The first-order valence-corrected chi connectivity index (χ1v) is 16.7. The molecule has 5 atom stereocenters. The number of rotatable bonds is 14. The van der Waals surface area contributed by atoms with Gasteiger partial charge in [0.1, 0.15) is 6.10 Å². The van der Waals surface area contributed by atoms with E-state index in [1.165, 1.54) is 16.4 Å². The van der Waals surface area contributed by atoms with Gasteiger partial charge in [0, 0.05) is 25.6 Å². The molecule has 2 N–H and O–H groups in total. The van der Waals surface area contributed by atoms with E-state index in [1.807, 2.05) is 44.2 Å². The van der Waals surface area contributed by atoms with Crippen LogP contribution in [-0.2, 0) is 30.7 Å². The van der Waals surface area contributed by atoms with Gasteiger partial charge < -0.3 is 34.1 Å². The third-order valence-corrected chi connectivity index (χ3v) is 10.2. The van der Waals surface area contributed by atoms with Crippen molar-refractivity contribution in [1.29, 1.82) is 5.26 Å². The van der Waals surface area contributed by atoms with Crippen LogP contribution in [0.15, 0.2) is 53.4 Å². The summed E-state index contributed by atoms with van der Waals surface area (Å²) in [5, 5.41) is 23.5. The van der Waals surface area contributed by atoms with E-state index in [4.69, 9.17) is 28.9 Å². The van der Waals surface area contributed by atoms with Crippen LogP contribution in [0.5, 0.6) is 11.5 Å². The number of nitrogens with one attached hydrogen (secondary N) is 1. The number of sulfonamides is 1. The highest BCUT2D eigenvalue weighted by atomic mass is 32.2. The van der Waals surface area contributed by atoms with E-state index in [1.54, 1.807) is 6.07 Å². The SMILES string of the molecule is CC(C)(CCCC#N)CN(CC(O)C(Cc1ccccc1)NC(=O)OC1COC2OCCC12)S(=O)(=O)c1ccc2c(c1)OCO2. The number of aliphatic hydroxyl groups is 1. The molecule has 1 amide bonds. The molecule has 3 heterocycles. The van der Waals surface area contributed by atoms with Crippen LogP contribution >= 0.6 is 0 Å². The second-order valence-electron chi connectivity index (χ2n) is 12.5. The van der Waals surface area contributed by atoms with Gasteiger partial charge in [0.25, 0.3) is 0 Å². The number of fused-ring (bicyclic) bond motifs is 2. The molecule has 3 aliphatic heterocycles. The van der Waals surface area contributed by atoms with Gasteiger partial charge in [-0.1, -0.05) is 44.2 Å². The predicted octanol–water partition coefficient (Wildman–Crippen LogP) is 3.59. The second-order valence-corrected chi connectivity index (χ2v) is 14.4. The quantitative estimate of drug-likeness (QED) is 0.292. The van der Waals surface area contributed by atoms with Crippen molar-refractivity contribution in [3.05, 3.63) is 54.1 Å². The summed E-state index contributed by atoms with van der Waals surface area (Å²) in [7, 11) is -4.15. The highest BCUT2D eigenvalue weighted by molar-refractivity contribution is 7.89. The summed E-state index contributed by atoms with van der Waals surface area (Å²) in [6, 6.07) is 15.0. The summed E-state index contributed by atoms with van der Waals surface area (Å²) < 4.78 is 57.2. The number of carbonyl (C=O) groups excluding carboxylic acids is 1. The van der Waals surface area contributed by atoms with Gasteiger partial charge in [0.2, 0.25) is 16.8 Å². The zero-order valence-electron chi connectivity index (χ0n) is 25.6. The Kier molecular flexibility index (Phi) is 10.5. The monoisotopic (exact) mass is 643 g/mol. The molecule has 2 aromatic carbocycles. The number of alkyl carbamates (subject to hydrolysis) is 1. The van der Waals surface area contributed by atoms with Gasteiger partial charge in [-0.15, -0.1) is 0 Å². The predicted molar refractivity (Wildman–Crippen MR) is 162 cm³/mol. The van der Waals surface area contributed by atoms with Crippen LogP contribution in [0.1, 0.15) is 45.1 Å². The fourth-order valence-corrected chi connectivity index (χ4v) is 7.66. The number of hydrogen-bond donors (Lipinski definition) is 2. The smallest absolute Gasteiger partial charge is 0.407 e. The van der Waals surface area contributed by atoms with Crippen molar-refractivity contribution >= 4 is 16.1 Å². The van der Waals surface area contributed by atoms with Crippen molar-refractivity contribution in [2.24, 2.45) is 11.3 Å². The molecule has 5 rings (SSSR count). The van der Waals surface area contributed by atoms with E-state index in [-0.39, 0.29) is 50.0 Å². The number of nitrogens with zero attached hydrogens (tertiary/aromatic N) is 2. The molecule has 2 aromatic rings. The van der Waals surface area contributed by atoms with E-state index in [0.717, 1.165) is 12.0 Å². The molecule has 244 valence electrons. The molecule has 3 aliphatic rings. The number of amides is 1. The lowest BCUT2D eigenvalue weighted by atomic mass is 9.87. The first-order chi connectivity index (χ1) is 21.6. The molecule has 5 unspecified atom stereocenters. The number of benzene rings is 2. The molecule has 0 saturated carbocycles. The molecule has 0 aromatic heterocycles. The Morgan fingerprint density at radius 2 is 1.96 bits per heavy atom. The molecule has 0 aliphatic carbocycles. The van der Waals surface area contributed by atoms with Gasteiger partial charge in [-0.25, -0.2) is 13.2 Å². The molecule has 13 heteroatoms. The van der Waals surface area contributed by atoms with Crippen LogP contribution in [-0.4, -0.2) is 81.6 Å². The van der Waals surface area contributed by atoms with Crippen LogP contribution in [0.2, 0.25) is 0 Å². The minimum atomic E-state index is -4.15. The normalized spacial score (nSPS) is 22.1. The van der Waals surface area contributed by atoms with Gasteiger partial charge in [0.15, 0.2) is 17.8 Å². The zero-order valence-corrected chi connectivity index (χ0v) is 26.4. The Bertz CT molecular complexity index is 1460. The Morgan fingerprint density at radius 1 is 1.18 bits per heavy atom. The van der Waals surface area contributed by atoms with Crippen molar-refractivity contribution in [2.75, 3.05) is 33.1 Å². The van der Waals surface area contributed by atoms with E-state index < -0.39 is 39.8 Å². The van der Waals surface area contributed by atoms with Crippen LogP contribution in [0.4, 0.5) is 4.79 Å². The van der Waals surface area contributed by atoms with Crippen molar-refractivity contribution in [3.63, 3.8) is 0 Å². The maximum Gasteiger partial charge on any atom is 0.407 e. The van der Waals surface area contributed by atoms with Crippen molar-refractivity contribution in [3.8, 4) is 17.6 Å². The topological polar surface area (TPSA) is 157 Å². The van der Waals surface area contributed by atoms with Crippen LogP contribution in [0.3, 0.4) is 0 Å². The molecular formula is C32H41N3O9S. The Morgan fingerprint density at radius 3 is 2.73 bits per heavy atom. The average molecular weight is 644 g/mol. The van der Waals surface area contributed by atoms with Crippen LogP contribution in [0, 0.1) is 22.7 Å². The fourth-order valence-electron chi connectivity index (χ4n) is 5.99. The molecule has 12 nitrogen and oxygen atoms in total. The van der Waals surface area contributed by atoms with E-state index in [2.05, 4.69) is 11.4 Å². The van der Waals surface area contributed by atoms with Gasteiger partial charge >= 0.3 is 6.09 Å². The number of nitriles is 1. The van der Waals surface area contributed by atoms with Gasteiger partial charge in [0.05, 0.1) is 42.2 Å². The maximum absolute atomic E-state index is 14.1. The largest absolute Gasteiger partial charge is 0.454 e. The molecule has 45 heavy (non-hydrogen) atoms. The highest BCUT2D eigenvalue weighted by Gasteiger charge is 2.44. The van der Waals surface area contributed by atoms with Crippen molar-refractivity contribution < 1.29 is 42.0 Å². The lowest BCUT2D eigenvalue weighted by Crippen LogP contribution is -2.52. The van der Waals surface area contributed by atoms with Crippen molar-refractivity contribution in [1.82, 2.24) is 9.62 Å². The van der Waals surface area contributed by atoms with E-state index in [0.29, 0.717) is 37.4 Å². The van der Waals surface area contributed by atoms with Gasteiger partial charge in [-0.2, -0.15) is 9.57 Å². The number of hydrogen-bond acceptors (Lipinski definition) is 10. The molecule has 0 spiro atoms. The minimum absolute atomic E-state index is 0.00245. The number of ether oxygens (including phenoxy) is 5. The molecular weight excluding hydrogens is 602 g/mol. The van der Waals surface area contributed by atoms with Crippen molar-refractivity contribution in [2.45, 2.75) is 75.4 Å². The highest BCUT2D eigenvalue weighted by Crippen LogP contribution is 2.36. The summed E-state index contributed by atoms with van der Waals surface area (Å²) in [4.78, 5) is 13.1. The van der Waals surface area contributed by atoms with Gasteiger partial charge in [-0.05, 0) is 48.8 Å².